The average molecular weight is 151 g/mol. The molecule has 0 aliphatic heterocycles. The van der Waals surface area contributed by atoms with Gasteiger partial charge in [0.05, 0.1) is 0 Å². The lowest BCUT2D eigenvalue weighted by Crippen LogP contribution is -2.28. The first-order valence-electron chi connectivity index (χ1n) is 3.47. The van der Waals surface area contributed by atoms with E-state index in [1.165, 1.54) is 5.19 Å². The van der Waals surface area contributed by atoms with Gasteiger partial charge in [0.25, 0.3) is 0 Å². The Kier molecular flexibility index (Phi) is 2.65. The van der Waals surface area contributed by atoms with Crippen molar-refractivity contribution in [1.82, 2.24) is 4.57 Å². The van der Waals surface area contributed by atoms with Gasteiger partial charge in [-0.25, -0.2) is 0 Å². The third kappa shape index (κ3) is 2.33. The monoisotopic (exact) mass is 151 g/mol. The summed E-state index contributed by atoms with van der Waals surface area (Å²) in [6, 6.07) is 10.7. The summed E-state index contributed by atoms with van der Waals surface area (Å²) in [6.07, 6.45) is 0. The molecule has 1 aromatic carbocycles. The Hall–Kier alpha value is -0.603. The van der Waals surface area contributed by atoms with Gasteiger partial charge in [-0.1, -0.05) is 30.3 Å². The summed E-state index contributed by atoms with van der Waals surface area (Å²) in [5.74, 6) is 0. The van der Waals surface area contributed by atoms with Gasteiger partial charge >= 0.3 is 0 Å². The quantitative estimate of drug-likeness (QED) is 0.536. The highest BCUT2D eigenvalue weighted by Gasteiger charge is 1.92. The van der Waals surface area contributed by atoms with Crippen LogP contribution in [0.3, 0.4) is 0 Å². The van der Waals surface area contributed by atoms with E-state index < -0.39 is 0 Å². The molecule has 0 spiro atoms. The molecular weight excluding hydrogens is 138 g/mol. The van der Waals surface area contributed by atoms with Gasteiger partial charge < -0.3 is 4.57 Å². The molecule has 1 nitrogen and oxygen atoms in total. The number of hydrogen-bond acceptors (Lipinski definition) is 1. The highest BCUT2D eigenvalue weighted by molar-refractivity contribution is 6.50. The van der Waals surface area contributed by atoms with Gasteiger partial charge in [-0.05, 0) is 19.3 Å². The van der Waals surface area contributed by atoms with Crippen molar-refractivity contribution in [2.24, 2.45) is 0 Å². The summed E-state index contributed by atoms with van der Waals surface area (Å²) in [5, 5.41) is 1.51. The first kappa shape index (κ1) is 7.50. The maximum atomic E-state index is 2.30. The van der Waals surface area contributed by atoms with Crippen LogP contribution in [0.4, 0.5) is 0 Å². The van der Waals surface area contributed by atoms with Gasteiger partial charge in [0, 0.05) is 0 Å². The Balaban J connectivity index is 2.59. The first-order chi connectivity index (χ1) is 4.79. The van der Waals surface area contributed by atoms with Crippen molar-refractivity contribution in [2.75, 3.05) is 14.1 Å². The van der Waals surface area contributed by atoms with Crippen LogP contribution in [0.5, 0.6) is 0 Å². The summed E-state index contributed by atoms with van der Waals surface area (Å²) in [5.41, 5.74) is 0. The van der Waals surface area contributed by atoms with Gasteiger partial charge in [0.15, 0.2) is 0 Å². The zero-order chi connectivity index (χ0) is 7.40. The van der Waals surface area contributed by atoms with Crippen LogP contribution in [0.2, 0.25) is 0 Å². The lowest BCUT2D eigenvalue weighted by atomic mass is 10.4. The van der Waals surface area contributed by atoms with Gasteiger partial charge in [-0.15, -0.1) is 0 Å². The van der Waals surface area contributed by atoms with Crippen LogP contribution in [0.25, 0.3) is 0 Å². The fraction of sp³-hybridized carbons (Fsp3) is 0.250. The molecule has 10 heavy (non-hydrogen) atoms. The second-order valence-electron chi connectivity index (χ2n) is 2.72. The zero-order valence-electron chi connectivity index (χ0n) is 6.54. The van der Waals surface area contributed by atoms with Gasteiger partial charge in [-0.2, -0.15) is 0 Å². The van der Waals surface area contributed by atoms with Crippen molar-refractivity contribution in [3.63, 3.8) is 0 Å². The van der Waals surface area contributed by atoms with Crippen LogP contribution in [0, 0.1) is 0 Å². The minimum Gasteiger partial charge on any atom is -0.330 e. The van der Waals surface area contributed by atoms with E-state index in [1.807, 2.05) is 0 Å². The summed E-state index contributed by atoms with van der Waals surface area (Å²) in [4.78, 5) is 0. The SMILES string of the molecule is CN(C)[SiH2]c1ccccc1. The van der Waals surface area contributed by atoms with E-state index in [-0.39, 0.29) is 9.68 Å². The Morgan fingerprint density at radius 3 is 2.20 bits per heavy atom. The van der Waals surface area contributed by atoms with Crippen molar-refractivity contribution in [3.8, 4) is 0 Å². The minimum absolute atomic E-state index is 0.143. The summed E-state index contributed by atoms with van der Waals surface area (Å²) in [7, 11) is 4.13. The van der Waals surface area contributed by atoms with Crippen LogP contribution in [-0.4, -0.2) is 28.3 Å². The minimum atomic E-state index is -0.143. The smallest absolute Gasteiger partial charge is 0.126 e. The fourth-order valence-corrected chi connectivity index (χ4v) is 2.16. The Morgan fingerprint density at radius 2 is 1.70 bits per heavy atom. The maximum absolute atomic E-state index is 2.30. The molecule has 0 aliphatic rings. The Labute approximate surface area is 64.6 Å². The second-order valence-corrected chi connectivity index (χ2v) is 5.12. The molecule has 0 saturated heterocycles. The highest BCUT2D eigenvalue weighted by Crippen LogP contribution is 1.81. The zero-order valence-corrected chi connectivity index (χ0v) is 7.96. The fourth-order valence-electron chi connectivity index (χ4n) is 0.949. The van der Waals surface area contributed by atoms with E-state index in [1.54, 1.807) is 0 Å². The van der Waals surface area contributed by atoms with Crippen molar-refractivity contribution < 1.29 is 0 Å². The summed E-state index contributed by atoms with van der Waals surface area (Å²) >= 11 is 0. The molecule has 54 valence electrons. The Morgan fingerprint density at radius 1 is 1.10 bits per heavy atom. The Bertz CT molecular complexity index is 184. The molecule has 0 amide bonds. The average Bonchev–Trinajstić information content (AvgIpc) is 1.88. The van der Waals surface area contributed by atoms with Crippen LogP contribution in [0.1, 0.15) is 0 Å². The molecule has 0 radical (unpaired) electrons. The molecule has 0 heterocycles. The van der Waals surface area contributed by atoms with Gasteiger partial charge in [-0.3, -0.25) is 0 Å². The second kappa shape index (κ2) is 3.54. The summed E-state index contributed by atoms with van der Waals surface area (Å²) in [6.45, 7) is 0. The molecule has 0 unspecified atom stereocenters. The summed E-state index contributed by atoms with van der Waals surface area (Å²) < 4.78 is 2.30. The van der Waals surface area contributed by atoms with Crippen LogP contribution >= 0.6 is 0 Å². The van der Waals surface area contributed by atoms with E-state index in [0.29, 0.717) is 0 Å². The third-order valence-electron chi connectivity index (χ3n) is 1.34. The lowest BCUT2D eigenvalue weighted by Gasteiger charge is -2.07. The molecule has 1 aromatic rings. The van der Waals surface area contributed by atoms with E-state index in [2.05, 4.69) is 49.0 Å². The number of nitrogens with zero attached hydrogens (tertiary/aromatic N) is 1. The number of benzene rings is 1. The topological polar surface area (TPSA) is 3.24 Å². The van der Waals surface area contributed by atoms with Crippen LogP contribution < -0.4 is 5.19 Å². The van der Waals surface area contributed by atoms with E-state index in [4.69, 9.17) is 0 Å². The molecule has 0 saturated carbocycles. The largest absolute Gasteiger partial charge is 0.330 e. The lowest BCUT2D eigenvalue weighted by molar-refractivity contribution is 0.669. The molecule has 0 bridgehead atoms. The maximum Gasteiger partial charge on any atom is 0.126 e. The van der Waals surface area contributed by atoms with Crippen molar-refractivity contribution in [3.05, 3.63) is 30.3 Å². The van der Waals surface area contributed by atoms with Crippen molar-refractivity contribution in [2.45, 2.75) is 0 Å². The van der Waals surface area contributed by atoms with Crippen molar-refractivity contribution >= 4 is 14.9 Å². The van der Waals surface area contributed by atoms with Gasteiger partial charge in [0.1, 0.15) is 9.68 Å². The van der Waals surface area contributed by atoms with Crippen LogP contribution in [0.15, 0.2) is 30.3 Å². The number of hydrogen-bond donors (Lipinski definition) is 0. The van der Waals surface area contributed by atoms with Crippen LogP contribution in [-0.2, 0) is 0 Å². The first-order valence-corrected chi connectivity index (χ1v) is 4.81. The standard InChI is InChI=1S/C8H13NSi/c1-9(2)10-8-6-4-3-5-7-8/h3-7H,10H2,1-2H3. The van der Waals surface area contributed by atoms with Gasteiger partial charge in [0.2, 0.25) is 0 Å². The molecule has 0 aliphatic carbocycles. The molecular formula is C8H13NSi. The van der Waals surface area contributed by atoms with E-state index in [0.717, 1.165) is 0 Å². The predicted molar refractivity (Wildman–Crippen MR) is 48.3 cm³/mol. The predicted octanol–water partition coefficient (Wildman–Crippen LogP) is -0.0427. The molecule has 0 aromatic heterocycles. The normalized spacial score (nSPS) is 11.5. The number of rotatable bonds is 2. The molecule has 0 fully saturated rings. The van der Waals surface area contributed by atoms with Crippen molar-refractivity contribution in [1.29, 1.82) is 0 Å². The third-order valence-corrected chi connectivity index (χ3v) is 2.81. The van der Waals surface area contributed by atoms with E-state index >= 15 is 0 Å². The molecule has 2 heteroatoms. The molecule has 0 N–H and O–H groups in total. The molecule has 1 rings (SSSR count). The molecule has 0 atom stereocenters. The van der Waals surface area contributed by atoms with E-state index in [9.17, 15) is 0 Å². The highest BCUT2D eigenvalue weighted by atomic mass is 28.2.